The van der Waals surface area contributed by atoms with Crippen molar-refractivity contribution in [3.8, 4) is 0 Å². The lowest BCUT2D eigenvalue weighted by molar-refractivity contribution is 0.100. The van der Waals surface area contributed by atoms with E-state index in [1.165, 1.54) is 12.1 Å². The molecule has 2 rings (SSSR count). The van der Waals surface area contributed by atoms with Gasteiger partial charge in [0.1, 0.15) is 0 Å². The van der Waals surface area contributed by atoms with Gasteiger partial charge < -0.3 is 16.8 Å². The number of carbonyl (C=O) groups excluding carboxylic acids is 1. The van der Waals surface area contributed by atoms with Crippen LogP contribution in [0.4, 0.5) is 0 Å². The molecule has 1 amide bonds. The Kier molecular flexibility index (Phi) is 3.29. The van der Waals surface area contributed by atoms with Crippen LogP contribution in [0.1, 0.15) is 22.0 Å². The van der Waals surface area contributed by atoms with Crippen LogP contribution in [0.3, 0.4) is 0 Å². The largest absolute Gasteiger partial charge is 0.370 e. The SMILES string of the molecule is CNC1CS(=O)(=O)c2cc(C(=O)N=C(N)N)ccc21. The molecule has 0 radical (unpaired) electrons. The highest BCUT2D eigenvalue weighted by Gasteiger charge is 2.34. The fraction of sp³-hybridized carbons (Fsp3) is 0.273. The zero-order chi connectivity index (χ0) is 14.2. The van der Waals surface area contributed by atoms with Crippen molar-refractivity contribution >= 4 is 21.7 Å². The summed E-state index contributed by atoms with van der Waals surface area (Å²) in [6.07, 6.45) is 0. The van der Waals surface area contributed by atoms with E-state index in [1.54, 1.807) is 13.1 Å². The molecule has 1 unspecified atom stereocenters. The number of nitrogens with one attached hydrogen (secondary N) is 1. The van der Waals surface area contributed by atoms with Gasteiger partial charge in [-0.3, -0.25) is 4.79 Å². The molecule has 0 aliphatic carbocycles. The van der Waals surface area contributed by atoms with Gasteiger partial charge in [0.15, 0.2) is 15.8 Å². The molecule has 19 heavy (non-hydrogen) atoms. The molecule has 0 bridgehead atoms. The number of hydrogen-bond donors (Lipinski definition) is 3. The van der Waals surface area contributed by atoms with E-state index in [4.69, 9.17) is 11.5 Å². The van der Waals surface area contributed by atoms with Gasteiger partial charge in [-0.15, -0.1) is 0 Å². The van der Waals surface area contributed by atoms with Crippen LogP contribution < -0.4 is 16.8 Å². The maximum absolute atomic E-state index is 12.0. The normalized spacial score (nSPS) is 19.7. The van der Waals surface area contributed by atoms with Gasteiger partial charge in [-0.25, -0.2) is 8.42 Å². The lowest BCUT2D eigenvalue weighted by Crippen LogP contribution is -2.24. The smallest absolute Gasteiger partial charge is 0.280 e. The van der Waals surface area contributed by atoms with E-state index in [2.05, 4.69) is 10.3 Å². The average Bonchev–Trinajstić information content (AvgIpc) is 2.60. The third-order valence-electron chi connectivity index (χ3n) is 2.94. The Balaban J connectivity index is 2.51. The molecule has 1 heterocycles. The molecule has 1 aromatic rings. The second-order valence-corrected chi connectivity index (χ2v) is 6.22. The lowest BCUT2D eigenvalue weighted by Gasteiger charge is -2.07. The van der Waals surface area contributed by atoms with Crippen molar-refractivity contribution in [3.05, 3.63) is 29.3 Å². The molecule has 0 saturated carbocycles. The molecule has 0 aromatic heterocycles. The Hall–Kier alpha value is -1.93. The van der Waals surface area contributed by atoms with Crippen molar-refractivity contribution in [2.24, 2.45) is 16.5 Å². The summed E-state index contributed by atoms with van der Waals surface area (Å²) in [7, 11) is -1.69. The number of amides is 1. The molecular formula is C11H14N4O3S. The predicted octanol–water partition coefficient (Wildman–Crippen LogP) is -0.852. The standard InChI is InChI=1S/C11H14N4O3S/c1-14-8-5-19(17,18)9-4-6(2-3-7(8)9)10(16)15-11(12)13/h2-4,8,14H,5H2,1H3,(H4,12,13,15,16). The van der Waals surface area contributed by atoms with Gasteiger partial charge >= 0.3 is 0 Å². The maximum Gasteiger partial charge on any atom is 0.280 e. The number of benzene rings is 1. The quantitative estimate of drug-likeness (QED) is 0.479. The fourth-order valence-corrected chi connectivity index (χ4v) is 3.88. The van der Waals surface area contributed by atoms with Crippen LogP contribution in [0.25, 0.3) is 0 Å². The monoisotopic (exact) mass is 282 g/mol. The van der Waals surface area contributed by atoms with Crippen LogP contribution in [-0.4, -0.2) is 33.1 Å². The second-order valence-electron chi connectivity index (χ2n) is 4.22. The molecule has 5 N–H and O–H groups in total. The number of rotatable bonds is 2. The first kappa shape index (κ1) is 13.5. The Bertz CT molecular complexity index is 663. The average molecular weight is 282 g/mol. The summed E-state index contributed by atoms with van der Waals surface area (Å²) < 4.78 is 24.0. The highest BCUT2D eigenvalue weighted by Crippen LogP contribution is 2.33. The van der Waals surface area contributed by atoms with E-state index in [-0.39, 0.29) is 28.2 Å². The first-order valence-corrected chi connectivity index (χ1v) is 7.18. The summed E-state index contributed by atoms with van der Waals surface area (Å²) >= 11 is 0. The number of guanidine groups is 1. The molecule has 1 aliphatic heterocycles. The van der Waals surface area contributed by atoms with E-state index < -0.39 is 15.7 Å². The minimum atomic E-state index is -3.38. The molecule has 7 nitrogen and oxygen atoms in total. The van der Waals surface area contributed by atoms with Gasteiger partial charge in [0.05, 0.1) is 10.6 Å². The first-order valence-electron chi connectivity index (χ1n) is 5.53. The summed E-state index contributed by atoms with van der Waals surface area (Å²) in [5.41, 5.74) is 11.0. The zero-order valence-corrected chi connectivity index (χ0v) is 11.1. The molecule has 8 heteroatoms. The van der Waals surface area contributed by atoms with Crippen molar-refractivity contribution in [2.75, 3.05) is 12.8 Å². The van der Waals surface area contributed by atoms with Crippen molar-refractivity contribution in [1.29, 1.82) is 0 Å². The molecule has 102 valence electrons. The van der Waals surface area contributed by atoms with Crippen molar-refractivity contribution in [3.63, 3.8) is 0 Å². The van der Waals surface area contributed by atoms with E-state index >= 15 is 0 Å². The number of nitrogens with two attached hydrogens (primary N) is 2. The molecule has 0 saturated heterocycles. The Morgan fingerprint density at radius 3 is 2.68 bits per heavy atom. The summed E-state index contributed by atoms with van der Waals surface area (Å²) in [6, 6.07) is 4.18. The highest BCUT2D eigenvalue weighted by molar-refractivity contribution is 7.91. The summed E-state index contributed by atoms with van der Waals surface area (Å²) in [4.78, 5) is 15.2. The predicted molar refractivity (Wildman–Crippen MR) is 70.4 cm³/mol. The molecule has 1 atom stereocenters. The minimum Gasteiger partial charge on any atom is -0.370 e. The van der Waals surface area contributed by atoms with E-state index in [1.807, 2.05) is 0 Å². The zero-order valence-electron chi connectivity index (χ0n) is 10.3. The van der Waals surface area contributed by atoms with Crippen molar-refractivity contribution in [1.82, 2.24) is 5.32 Å². The summed E-state index contributed by atoms with van der Waals surface area (Å²) in [6.45, 7) is 0. The van der Waals surface area contributed by atoms with Crippen LogP contribution in [-0.2, 0) is 9.84 Å². The van der Waals surface area contributed by atoms with Gasteiger partial charge in [0, 0.05) is 11.6 Å². The van der Waals surface area contributed by atoms with Crippen LogP contribution in [0.15, 0.2) is 28.1 Å². The number of aliphatic imine (C=N–C) groups is 1. The van der Waals surface area contributed by atoms with E-state index in [0.29, 0.717) is 5.56 Å². The molecule has 1 aliphatic rings. The number of nitrogens with zero attached hydrogens (tertiary/aromatic N) is 1. The fourth-order valence-electron chi connectivity index (χ4n) is 2.04. The van der Waals surface area contributed by atoms with Crippen LogP contribution >= 0.6 is 0 Å². The molecule has 0 spiro atoms. The van der Waals surface area contributed by atoms with Crippen LogP contribution in [0.2, 0.25) is 0 Å². The van der Waals surface area contributed by atoms with Gasteiger partial charge in [-0.1, -0.05) is 6.07 Å². The number of fused-ring (bicyclic) bond motifs is 1. The lowest BCUT2D eigenvalue weighted by atomic mass is 10.1. The Morgan fingerprint density at radius 2 is 2.11 bits per heavy atom. The van der Waals surface area contributed by atoms with Crippen LogP contribution in [0, 0.1) is 0 Å². The number of carbonyl (C=O) groups is 1. The second kappa shape index (κ2) is 4.63. The van der Waals surface area contributed by atoms with Crippen molar-refractivity contribution < 1.29 is 13.2 Å². The van der Waals surface area contributed by atoms with E-state index in [9.17, 15) is 13.2 Å². The molecule has 1 aromatic carbocycles. The van der Waals surface area contributed by atoms with Crippen molar-refractivity contribution in [2.45, 2.75) is 10.9 Å². The van der Waals surface area contributed by atoms with Gasteiger partial charge in [-0.2, -0.15) is 4.99 Å². The first-order chi connectivity index (χ1) is 8.85. The number of hydrogen-bond acceptors (Lipinski definition) is 4. The Labute approximate surface area is 110 Å². The van der Waals surface area contributed by atoms with E-state index in [0.717, 1.165) is 0 Å². The summed E-state index contributed by atoms with van der Waals surface area (Å²) in [5, 5.41) is 2.92. The third kappa shape index (κ3) is 2.45. The third-order valence-corrected chi connectivity index (χ3v) is 4.73. The maximum atomic E-state index is 12.0. The van der Waals surface area contributed by atoms with Gasteiger partial charge in [-0.05, 0) is 24.7 Å². The summed E-state index contributed by atoms with van der Waals surface area (Å²) in [5.74, 6) is -1.04. The molecular weight excluding hydrogens is 268 g/mol. The van der Waals surface area contributed by atoms with Gasteiger partial charge in [0.25, 0.3) is 5.91 Å². The highest BCUT2D eigenvalue weighted by atomic mass is 32.2. The topological polar surface area (TPSA) is 128 Å². The Morgan fingerprint density at radius 1 is 1.42 bits per heavy atom. The van der Waals surface area contributed by atoms with Crippen LogP contribution in [0.5, 0.6) is 0 Å². The number of sulfone groups is 1. The van der Waals surface area contributed by atoms with Gasteiger partial charge in [0.2, 0.25) is 0 Å². The molecule has 0 fully saturated rings. The minimum absolute atomic E-state index is 0.0151.